The minimum atomic E-state index is -4.86. The molecule has 0 spiro atoms. The van der Waals surface area contributed by atoms with E-state index < -0.39 is 57.6 Å². The van der Waals surface area contributed by atoms with Gasteiger partial charge in [-0.1, -0.05) is 11.6 Å². The number of sulfonamides is 1. The molecule has 234 valence electrons. The lowest BCUT2D eigenvalue weighted by molar-refractivity contribution is -0.137. The van der Waals surface area contributed by atoms with E-state index in [4.69, 9.17) is 11.6 Å². The number of piperidine rings is 1. The van der Waals surface area contributed by atoms with Crippen LogP contribution >= 0.6 is 11.6 Å². The Bertz CT molecular complexity index is 1590. The van der Waals surface area contributed by atoms with Gasteiger partial charge in [0.25, 0.3) is 0 Å². The molecule has 1 saturated carbocycles. The quantitative estimate of drug-likeness (QED) is 0.346. The number of nitrogens with zero attached hydrogens (tertiary/aromatic N) is 5. The van der Waals surface area contributed by atoms with Gasteiger partial charge in [-0.3, -0.25) is 0 Å². The Morgan fingerprint density at radius 3 is 2.58 bits per heavy atom. The molecule has 1 saturated heterocycles. The first-order valence-corrected chi connectivity index (χ1v) is 15.8. The first-order chi connectivity index (χ1) is 20.0. The fourth-order valence-electron chi connectivity index (χ4n) is 5.76. The fourth-order valence-corrected chi connectivity index (χ4v) is 6.94. The highest BCUT2D eigenvalue weighted by atomic mass is 35.5. The largest absolute Gasteiger partial charge is 0.420 e. The fraction of sp³-hybridized carbons (Fsp3) is 0.519. The second kappa shape index (κ2) is 11.6. The van der Waals surface area contributed by atoms with Gasteiger partial charge < -0.3 is 15.0 Å². The van der Waals surface area contributed by atoms with Gasteiger partial charge in [-0.25, -0.2) is 32.2 Å². The third-order valence-electron chi connectivity index (χ3n) is 7.89. The number of alkyl halides is 4. The Kier molecular flexibility index (Phi) is 8.48. The number of nitrogens with one attached hydrogen (secondary N) is 1. The average molecular weight is 649 g/mol. The zero-order valence-corrected chi connectivity index (χ0v) is 24.8. The second-order valence-corrected chi connectivity index (χ2v) is 13.9. The van der Waals surface area contributed by atoms with Crippen LogP contribution in [-0.4, -0.2) is 74.5 Å². The summed E-state index contributed by atoms with van der Waals surface area (Å²) in [6.07, 6.45) is -0.159. The van der Waals surface area contributed by atoms with E-state index in [0.717, 1.165) is 34.1 Å². The molecule has 3 aromatic rings. The molecule has 2 N–H and O–H groups in total. The third kappa shape index (κ3) is 7.10. The van der Waals surface area contributed by atoms with Gasteiger partial charge in [-0.15, -0.1) is 0 Å². The monoisotopic (exact) mass is 648 g/mol. The average Bonchev–Trinajstić information content (AvgIpc) is 3.49. The minimum Gasteiger partial charge on any atom is -0.390 e. The van der Waals surface area contributed by atoms with Crippen LogP contribution in [0.25, 0.3) is 17.1 Å². The van der Waals surface area contributed by atoms with Crippen LogP contribution in [0.4, 0.5) is 27.9 Å². The van der Waals surface area contributed by atoms with Crippen molar-refractivity contribution < 1.29 is 35.5 Å². The maximum absolute atomic E-state index is 15.3. The molecule has 1 aromatic carbocycles. The summed E-state index contributed by atoms with van der Waals surface area (Å²) in [5.41, 5.74) is -2.31. The van der Waals surface area contributed by atoms with Gasteiger partial charge in [0, 0.05) is 25.5 Å². The Hall–Kier alpha value is -2.88. The van der Waals surface area contributed by atoms with Crippen molar-refractivity contribution in [1.29, 1.82) is 0 Å². The zero-order chi connectivity index (χ0) is 31.3. The summed E-state index contributed by atoms with van der Waals surface area (Å²) in [5, 5.41) is 12.9. The molecule has 1 unspecified atom stereocenters. The Labute approximate surface area is 250 Å². The molecule has 3 heterocycles. The lowest BCUT2D eigenvalue weighted by Crippen LogP contribution is -2.49. The lowest BCUT2D eigenvalue weighted by Gasteiger charge is -2.33. The van der Waals surface area contributed by atoms with Gasteiger partial charge in [0.1, 0.15) is 41.0 Å². The highest BCUT2D eigenvalue weighted by Crippen LogP contribution is 2.38. The number of aliphatic hydroxyl groups is 1. The van der Waals surface area contributed by atoms with Crippen LogP contribution in [0.1, 0.15) is 43.7 Å². The van der Waals surface area contributed by atoms with Crippen LogP contribution in [0.2, 0.25) is 5.02 Å². The third-order valence-corrected chi connectivity index (χ3v) is 9.44. The molecule has 16 heteroatoms. The predicted octanol–water partition coefficient (Wildman–Crippen LogP) is 5.02. The van der Waals surface area contributed by atoms with Crippen molar-refractivity contribution in [3.05, 3.63) is 52.8 Å². The Balaban J connectivity index is 1.40. The lowest BCUT2D eigenvalue weighted by atomic mass is 9.95. The van der Waals surface area contributed by atoms with E-state index in [-0.39, 0.29) is 41.2 Å². The number of anilines is 1. The van der Waals surface area contributed by atoms with Gasteiger partial charge in [-0.2, -0.15) is 17.5 Å². The van der Waals surface area contributed by atoms with Crippen LogP contribution in [0.15, 0.2) is 30.9 Å². The number of halogens is 6. The highest BCUT2D eigenvalue weighted by Gasteiger charge is 2.38. The first-order valence-electron chi connectivity index (χ1n) is 13.6. The molecule has 0 amide bonds. The summed E-state index contributed by atoms with van der Waals surface area (Å²) in [4.78, 5) is 11.7. The molecule has 4 atom stereocenters. The van der Waals surface area contributed by atoms with E-state index in [9.17, 15) is 31.1 Å². The number of hydrogen-bond acceptors (Lipinski definition) is 7. The molecule has 1 aliphatic heterocycles. The van der Waals surface area contributed by atoms with Crippen LogP contribution in [0, 0.1) is 11.7 Å². The van der Waals surface area contributed by atoms with Gasteiger partial charge in [0.15, 0.2) is 0 Å². The predicted molar refractivity (Wildman–Crippen MR) is 150 cm³/mol. The summed E-state index contributed by atoms with van der Waals surface area (Å²) in [6, 6.07) is 1.95. The number of rotatable bonds is 7. The summed E-state index contributed by atoms with van der Waals surface area (Å²) in [6.45, 7) is 1.37. The van der Waals surface area contributed by atoms with Crippen molar-refractivity contribution in [2.45, 2.75) is 63.0 Å². The normalized spacial score (nSPS) is 25.3. The summed E-state index contributed by atoms with van der Waals surface area (Å²) in [7, 11) is -3.61. The molecule has 9 nitrogen and oxygen atoms in total. The maximum Gasteiger partial charge on any atom is 0.420 e. The molecular formula is C27H30ClF5N6O3S. The van der Waals surface area contributed by atoms with E-state index in [1.807, 2.05) is 0 Å². The number of hydrogen-bond donors (Lipinski definition) is 2. The Morgan fingerprint density at radius 1 is 1.23 bits per heavy atom. The van der Waals surface area contributed by atoms with E-state index in [1.165, 1.54) is 6.07 Å². The van der Waals surface area contributed by atoms with Crippen molar-refractivity contribution in [3.63, 3.8) is 0 Å². The molecule has 0 radical (unpaired) electrons. The van der Waals surface area contributed by atoms with Crippen LogP contribution in [0.3, 0.4) is 0 Å². The topological polar surface area (TPSA) is 113 Å². The van der Waals surface area contributed by atoms with Crippen LogP contribution in [0.5, 0.6) is 0 Å². The van der Waals surface area contributed by atoms with Gasteiger partial charge >= 0.3 is 6.18 Å². The molecular weight excluding hydrogens is 619 g/mol. The van der Waals surface area contributed by atoms with Crippen molar-refractivity contribution in [1.82, 2.24) is 23.8 Å². The maximum atomic E-state index is 15.3. The van der Waals surface area contributed by atoms with Crippen molar-refractivity contribution >= 4 is 27.6 Å². The van der Waals surface area contributed by atoms with Gasteiger partial charge in [0.05, 0.1) is 22.9 Å². The van der Waals surface area contributed by atoms with Crippen LogP contribution < -0.4 is 5.32 Å². The first kappa shape index (κ1) is 31.5. The molecule has 2 aliphatic rings. The van der Waals surface area contributed by atoms with Crippen molar-refractivity contribution in [3.8, 4) is 17.1 Å². The molecule has 1 aliphatic carbocycles. The highest BCUT2D eigenvalue weighted by molar-refractivity contribution is 7.88. The summed E-state index contributed by atoms with van der Waals surface area (Å²) < 4.78 is 97.4. The molecule has 2 fully saturated rings. The van der Waals surface area contributed by atoms with Crippen LogP contribution in [-0.2, 0) is 22.6 Å². The van der Waals surface area contributed by atoms with E-state index in [1.54, 1.807) is 13.0 Å². The van der Waals surface area contributed by atoms with E-state index >= 15 is 4.39 Å². The van der Waals surface area contributed by atoms with Gasteiger partial charge in [-0.05, 0) is 62.6 Å². The number of aromatic nitrogens is 4. The Morgan fingerprint density at radius 2 is 1.98 bits per heavy atom. The van der Waals surface area contributed by atoms with E-state index in [2.05, 4.69) is 20.3 Å². The van der Waals surface area contributed by atoms with E-state index in [0.29, 0.717) is 31.0 Å². The molecule has 5 rings (SSSR count). The molecule has 43 heavy (non-hydrogen) atoms. The smallest absolute Gasteiger partial charge is 0.390 e. The van der Waals surface area contributed by atoms with Gasteiger partial charge in [0.2, 0.25) is 16.0 Å². The second-order valence-electron chi connectivity index (χ2n) is 11.5. The zero-order valence-electron chi connectivity index (χ0n) is 23.2. The summed E-state index contributed by atoms with van der Waals surface area (Å²) in [5.74, 6) is -0.846. The SMILES string of the molecule is C[C@@]1(O)CCC(Cc2cc(F)c(-n3cnc(-c4nc(N[C@@H]5CCN(S(C)(=O)=O)C[C@H]5F)ncc4C(F)(F)F)c3)c(Cl)c2)C1. The van der Waals surface area contributed by atoms with Crippen molar-refractivity contribution in [2.75, 3.05) is 24.7 Å². The van der Waals surface area contributed by atoms with Crippen molar-refractivity contribution in [2.24, 2.45) is 5.92 Å². The molecule has 2 aromatic heterocycles. The standard InChI is InChI=1S/C27H30ClF5N6O3S/c1-26(40)5-3-15(10-26)7-16-8-18(28)24(19(29)9-16)38-13-22(35-14-38)23-17(27(31,32)33)11-34-25(37-23)36-21-4-6-39(12-20(21)30)43(2,41)42/h8-9,11,13-15,20-21,40H,3-7,10,12H2,1-2H3,(H,34,36,37)/t15?,20-,21-,26-/m1/s1. The molecule has 0 bridgehead atoms. The number of imidazole rings is 1. The minimum absolute atomic E-state index is 0.0153. The summed E-state index contributed by atoms with van der Waals surface area (Å²) >= 11 is 6.43. The number of benzene rings is 1.